The molecule has 2 aromatic rings. The highest BCUT2D eigenvalue weighted by molar-refractivity contribution is 7.89. The lowest BCUT2D eigenvalue weighted by Crippen LogP contribution is -2.35. The van der Waals surface area contributed by atoms with Gasteiger partial charge in [-0.05, 0) is 37.8 Å². The van der Waals surface area contributed by atoms with E-state index in [-0.39, 0.29) is 29.5 Å². The first-order valence-corrected chi connectivity index (χ1v) is 10.7. The summed E-state index contributed by atoms with van der Waals surface area (Å²) < 4.78 is 45.9. The van der Waals surface area contributed by atoms with Crippen LogP contribution in [0.2, 0.25) is 0 Å². The van der Waals surface area contributed by atoms with Crippen LogP contribution in [0.3, 0.4) is 0 Å². The van der Waals surface area contributed by atoms with Crippen molar-refractivity contribution in [2.75, 3.05) is 13.1 Å². The Bertz CT molecular complexity index is 914. The zero-order valence-corrected chi connectivity index (χ0v) is 16.2. The Kier molecular flexibility index (Phi) is 6.11. The van der Waals surface area contributed by atoms with E-state index in [1.54, 1.807) is 25.1 Å². The third-order valence-electron chi connectivity index (χ3n) is 4.93. The van der Waals surface area contributed by atoms with Gasteiger partial charge in [-0.1, -0.05) is 24.6 Å². The average Bonchev–Trinajstić information content (AvgIpc) is 3.03. The molecule has 0 amide bonds. The molecule has 1 aromatic heterocycles. The molecule has 0 unspecified atom stereocenters. The minimum absolute atomic E-state index is 0.0796. The second-order valence-corrected chi connectivity index (χ2v) is 8.79. The van der Waals surface area contributed by atoms with Gasteiger partial charge in [0, 0.05) is 37.6 Å². The minimum atomic E-state index is -3.65. The van der Waals surface area contributed by atoms with Crippen LogP contribution >= 0.6 is 0 Å². The minimum Gasteiger partial charge on any atom is -0.448 e. The third kappa shape index (κ3) is 4.65. The van der Waals surface area contributed by atoms with Gasteiger partial charge in [0.15, 0.2) is 0 Å². The van der Waals surface area contributed by atoms with E-state index in [1.165, 1.54) is 16.4 Å². The second-order valence-electron chi connectivity index (χ2n) is 6.92. The molecule has 2 heterocycles. The monoisotopic (exact) mass is 393 g/mol. The fourth-order valence-electron chi connectivity index (χ4n) is 3.30. The topological polar surface area (TPSA) is 67.6 Å². The van der Waals surface area contributed by atoms with Crippen molar-refractivity contribution in [2.24, 2.45) is 0 Å². The summed E-state index contributed by atoms with van der Waals surface area (Å²) in [5.74, 6) is 0.0357. The van der Waals surface area contributed by atoms with Gasteiger partial charge in [-0.25, -0.2) is 12.8 Å². The van der Waals surface area contributed by atoms with E-state index in [4.69, 9.17) is 4.42 Å². The maximum atomic E-state index is 13.6. The summed E-state index contributed by atoms with van der Waals surface area (Å²) in [6.07, 6.45) is 3.33. The van der Waals surface area contributed by atoms with Gasteiger partial charge in [-0.2, -0.15) is 4.31 Å². The number of ketones is 1. The molecule has 1 saturated heterocycles. The molecule has 3 rings (SSSR count). The number of rotatable bonds is 7. The van der Waals surface area contributed by atoms with Gasteiger partial charge in [0.1, 0.15) is 17.4 Å². The Hall–Kier alpha value is -1.99. The van der Waals surface area contributed by atoms with E-state index in [9.17, 15) is 17.6 Å². The van der Waals surface area contributed by atoms with Gasteiger partial charge in [0.05, 0.1) is 0 Å². The standard InChI is InChI=1S/C20H24FNO4S/c1-15-17(13-18(23)10-9-16-7-3-4-8-19(16)21)14-20(26-15)27(24,25)22-11-5-2-6-12-22/h3-4,7-8,14H,2,5-6,9-13H2,1H3. The van der Waals surface area contributed by atoms with E-state index in [0.29, 0.717) is 36.4 Å². The predicted octanol–water partition coefficient (Wildman–Crippen LogP) is 3.65. The third-order valence-corrected chi connectivity index (χ3v) is 6.68. The van der Waals surface area contributed by atoms with Crippen molar-refractivity contribution in [3.63, 3.8) is 0 Å². The smallest absolute Gasteiger partial charge is 0.276 e. The first-order chi connectivity index (χ1) is 12.9. The van der Waals surface area contributed by atoms with Crippen LogP contribution in [0, 0.1) is 12.7 Å². The number of furan rings is 1. The highest BCUT2D eigenvalue weighted by Crippen LogP contribution is 2.25. The summed E-state index contributed by atoms with van der Waals surface area (Å²) in [7, 11) is -3.65. The zero-order chi connectivity index (χ0) is 19.4. The van der Waals surface area contributed by atoms with Crippen molar-refractivity contribution >= 4 is 15.8 Å². The van der Waals surface area contributed by atoms with E-state index in [1.807, 2.05) is 0 Å². The molecular weight excluding hydrogens is 369 g/mol. The highest BCUT2D eigenvalue weighted by Gasteiger charge is 2.30. The lowest BCUT2D eigenvalue weighted by atomic mass is 10.0. The van der Waals surface area contributed by atoms with Crippen molar-refractivity contribution in [1.82, 2.24) is 4.31 Å². The first-order valence-electron chi connectivity index (χ1n) is 9.22. The van der Waals surface area contributed by atoms with Crippen molar-refractivity contribution in [1.29, 1.82) is 0 Å². The summed E-state index contributed by atoms with van der Waals surface area (Å²) in [5, 5.41) is -0.0983. The number of nitrogens with zero attached hydrogens (tertiary/aromatic N) is 1. The molecule has 146 valence electrons. The Morgan fingerprint density at radius 1 is 1.15 bits per heavy atom. The van der Waals surface area contributed by atoms with Gasteiger partial charge < -0.3 is 4.42 Å². The largest absolute Gasteiger partial charge is 0.448 e. The van der Waals surface area contributed by atoms with Crippen molar-refractivity contribution in [3.8, 4) is 0 Å². The molecule has 0 aliphatic carbocycles. The molecule has 5 nitrogen and oxygen atoms in total. The van der Waals surface area contributed by atoms with Crippen LogP contribution in [-0.2, 0) is 27.7 Å². The summed E-state index contributed by atoms with van der Waals surface area (Å²) in [4.78, 5) is 12.3. The number of carbonyl (C=O) groups excluding carboxylic acids is 1. The van der Waals surface area contributed by atoms with Crippen LogP contribution in [-0.4, -0.2) is 31.6 Å². The SMILES string of the molecule is Cc1oc(S(=O)(=O)N2CCCCC2)cc1CC(=O)CCc1ccccc1F. The number of sulfonamides is 1. The molecule has 0 atom stereocenters. The molecule has 1 aromatic carbocycles. The molecule has 27 heavy (non-hydrogen) atoms. The number of halogens is 1. The maximum Gasteiger partial charge on any atom is 0.276 e. The molecule has 0 saturated carbocycles. The van der Waals surface area contributed by atoms with Crippen LogP contribution in [0.1, 0.15) is 42.6 Å². The van der Waals surface area contributed by atoms with Gasteiger partial charge in [-0.15, -0.1) is 0 Å². The van der Waals surface area contributed by atoms with E-state index in [2.05, 4.69) is 0 Å². The molecule has 1 aliphatic rings. The van der Waals surface area contributed by atoms with Crippen LogP contribution in [0.25, 0.3) is 0 Å². The molecule has 0 radical (unpaired) electrons. The molecule has 0 N–H and O–H groups in total. The molecular formula is C20H24FNO4S. The van der Waals surface area contributed by atoms with Crippen LogP contribution in [0.4, 0.5) is 4.39 Å². The number of benzene rings is 1. The summed E-state index contributed by atoms with van der Waals surface area (Å²) in [5.41, 5.74) is 1.08. The molecule has 7 heteroatoms. The van der Waals surface area contributed by atoms with Crippen molar-refractivity contribution in [3.05, 3.63) is 53.0 Å². The highest BCUT2D eigenvalue weighted by atomic mass is 32.2. The van der Waals surface area contributed by atoms with Gasteiger partial charge in [-0.3, -0.25) is 4.79 Å². The summed E-state index contributed by atoms with van der Waals surface area (Å²) in [6, 6.07) is 7.84. The quantitative estimate of drug-likeness (QED) is 0.720. The fourth-order valence-corrected chi connectivity index (χ4v) is 4.82. The number of piperidine rings is 1. The maximum absolute atomic E-state index is 13.6. The normalized spacial score (nSPS) is 15.8. The lowest BCUT2D eigenvalue weighted by Gasteiger charge is -2.24. The number of Topliss-reactive ketones (excluding diaryl/α,β-unsaturated/α-hetero) is 1. The molecule has 1 fully saturated rings. The van der Waals surface area contributed by atoms with Crippen LogP contribution in [0.15, 0.2) is 39.8 Å². The van der Waals surface area contributed by atoms with Gasteiger partial charge in [0.25, 0.3) is 10.0 Å². The number of carbonyl (C=O) groups is 1. The average molecular weight is 393 g/mol. The first kappa shape index (κ1) is 19.8. The summed E-state index contributed by atoms with van der Waals surface area (Å²) >= 11 is 0. The molecule has 0 bridgehead atoms. The number of aryl methyl sites for hydroxylation is 2. The second kappa shape index (κ2) is 8.35. The van der Waals surface area contributed by atoms with Crippen LogP contribution in [0.5, 0.6) is 0 Å². The Morgan fingerprint density at radius 3 is 2.56 bits per heavy atom. The molecule has 0 spiro atoms. The number of hydrogen-bond acceptors (Lipinski definition) is 4. The van der Waals surface area contributed by atoms with Crippen molar-refractivity contribution < 1.29 is 22.0 Å². The zero-order valence-electron chi connectivity index (χ0n) is 15.4. The lowest BCUT2D eigenvalue weighted by molar-refractivity contribution is -0.118. The Balaban J connectivity index is 1.65. The van der Waals surface area contributed by atoms with Crippen molar-refractivity contribution in [2.45, 2.75) is 50.5 Å². The fraction of sp³-hybridized carbons (Fsp3) is 0.450. The van der Waals surface area contributed by atoms with E-state index < -0.39 is 10.0 Å². The van der Waals surface area contributed by atoms with Gasteiger partial charge >= 0.3 is 0 Å². The predicted molar refractivity (Wildman–Crippen MR) is 99.5 cm³/mol. The Morgan fingerprint density at radius 2 is 1.85 bits per heavy atom. The van der Waals surface area contributed by atoms with E-state index in [0.717, 1.165) is 19.3 Å². The summed E-state index contributed by atoms with van der Waals surface area (Å²) in [6.45, 7) is 2.66. The van der Waals surface area contributed by atoms with Crippen LogP contribution < -0.4 is 0 Å². The number of hydrogen-bond donors (Lipinski definition) is 0. The van der Waals surface area contributed by atoms with E-state index >= 15 is 0 Å². The Labute approximate surface area is 159 Å². The molecule has 1 aliphatic heterocycles. The van der Waals surface area contributed by atoms with Gasteiger partial charge in [0.2, 0.25) is 5.09 Å².